The normalized spacial score (nSPS) is 13.3. The maximum absolute atomic E-state index is 13.2. The van der Waals surface area contributed by atoms with Gasteiger partial charge in [-0.1, -0.05) is 5.16 Å². The maximum atomic E-state index is 13.2. The van der Waals surface area contributed by atoms with Crippen LogP contribution in [-0.4, -0.2) is 42.3 Å². The number of carbonyl (C=O) groups is 1. The van der Waals surface area contributed by atoms with Gasteiger partial charge in [-0.15, -0.1) is 0 Å². The highest BCUT2D eigenvalue weighted by Crippen LogP contribution is 2.30. The smallest absolute Gasteiger partial charge is 0.279 e. The molecule has 9 heteroatoms. The summed E-state index contributed by atoms with van der Waals surface area (Å²) < 4.78 is 20.4. The van der Waals surface area contributed by atoms with Gasteiger partial charge >= 0.3 is 0 Å². The summed E-state index contributed by atoms with van der Waals surface area (Å²) >= 11 is 0. The van der Waals surface area contributed by atoms with Crippen LogP contribution in [-0.2, 0) is 20.0 Å². The lowest BCUT2D eigenvalue weighted by Gasteiger charge is -2.27. The molecular formula is C21H17FN6O2. The molecule has 1 aliphatic rings. The molecule has 0 bridgehead atoms. The Morgan fingerprint density at radius 3 is 2.67 bits per heavy atom. The molecule has 30 heavy (non-hydrogen) atoms. The largest absolute Gasteiger partial charge is 0.334 e. The van der Waals surface area contributed by atoms with E-state index in [1.165, 1.54) is 12.1 Å². The molecule has 1 aromatic carbocycles. The van der Waals surface area contributed by atoms with Crippen molar-refractivity contribution in [2.75, 3.05) is 6.54 Å². The summed E-state index contributed by atoms with van der Waals surface area (Å²) in [7, 11) is 1.86. The van der Waals surface area contributed by atoms with Crippen LogP contribution in [0.3, 0.4) is 0 Å². The number of hydrogen-bond donors (Lipinski definition) is 0. The SMILES string of the molecule is Cn1nc(-c2nc(-c3ccc(F)cc3)no2)c2c1CCN(C(=O)c1ccncc1)C2. The zero-order valence-corrected chi connectivity index (χ0v) is 16.1. The van der Waals surface area contributed by atoms with E-state index >= 15 is 0 Å². The van der Waals surface area contributed by atoms with Crippen LogP contribution in [0, 0.1) is 5.82 Å². The molecule has 4 aromatic rings. The first-order chi connectivity index (χ1) is 14.6. The summed E-state index contributed by atoms with van der Waals surface area (Å²) in [5, 5.41) is 8.57. The second-order valence-corrected chi connectivity index (χ2v) is 7.04. The standard InChI is InChI=1S/C21H17FN6O2/c1-27-17-8-11-28(21(29)14-6-9-23-10-7-14)12-16(17)18(25-27)20-24-19(26-30-20)13-2-4-15(22)5-3-13/h2-7,9-10H,8,11-12H2,1H3. The number of aryl methyl sites for hydroxylation is 1. The topological polar surface area (TPSA) is 89.9 Å². The highest BCUT2D eigenvalue weighted by Gasteiger charge is 2.30. The van der Waals surface area contributed by atoms with Crippen LogP contribution < -0.4 is 0 Å². The molecule has 0 saturated carbocycles. The van der Waals surface area contributed by atoms with E-state index in [4.69, 9.17) is 4.52 Å². The molecule has 5 rings (SSSR count). The van der Waals surface area contributed by atoms with Gasteiger partial charge in [0.15, 0.2) is 5.69 Å². The number of fused-ring (bicyclic) bond motifs is 1. The Balaban J connectivity index is 1.47. The van der Waals surface area contributed by atoms with E-state index in [-0.39, 0.29) is 17.6 Å². The molecule has 0 aliphatic carbocycles. The van der Waals surface area contributed by atoms with Crippen LogP contribution in [0.5, 0.6) is 0 Å². The minimum Gasteiger partial charge on any atom is -0.334 e. The van der Waals surface area contributed by atoms with Crippen molar-refractivity contribution in [3.8, 4) is 23.0 Å². The third-order valence-corrected chi connectivity index (χ3v) is 5.19. The number of rotatable bonds is 3. The van der Waals surface area contributed by atoms with Gasteiger partial charge in [0, 0.05) is 54.8 Å². The molecule has 0 fully saturated rings. The lowest BCUT2D eigenvalue weighted by molar-refractivity contribution is 0.0733. The van der Waals surface area contributed by atoms with Crippen LogP contribution in [0.25, 0.3) is 23.0 Å². The van der Waals surface area contributed by atoms with E-state index in [1.54, 1.807) is 46.2 Å². The van der Waals surface area contributed by atoms with Crippen LogP contribution in [0.2, 0.25) is 0 Å². The van der Waals surface area contributed by atoms with Crippen molar-refractivity contribution in [2.24, 2.45) is 7.05 Å². The molecule has 0 N–H and O–H groups in total. The quantitative estimate of drug-likeness (QED) is 0.522. The lowest BCUT2D eigenvalue weighted by atomic mass is 10.0. The molecule has 0 radical (unpaired) electrons. The molecule has 1 amide bonds. The predicted octanol–water partition coefficient (Wildman–Crippen LogP) is 2.87. The summed E-state index contributed by atoms with van der Waals surface area (Å²) in [6.45, 7) is 0.992. The third kappa shape index (κ3) is 3.14. The van der Waals surface area contributed by atoms with Crippen molar-refractivity contribution in [3.63, 3.8) is 0 Å². The van der Waals surface area contributed by atoms with Crippen molar-refractivity contribution in [1.82, 2.24) is 29.8 Å². The van der Waals surface area contributed by atoms with Gasteiger partial charge in [-0.05, 0) is 36.4 Å². The summed E-state index contributed by atoms with van der Waals surface area (Å²) in [5.74, 6) is 0.227. The number of amides is 1. The Kier molecular flexibility index (Phi) is 4.35. The first kappa shape index (κ1) is 18.2. The predicted molar refractivity (Wildman–Crippen MR) is 105 cm³/mol. The summed E-state index contributed by atoms with van der Waals surface area (Å²) in [6, 6.07) is 9.27. The Bertz CT molecular complexity index is 1220. The van der Waals surface area contributed by atoms with Crippen molar-refractivity contribution >= 4 is 5.91 Å². The molecule has 150 valence electrons. The highest BCUT2D eigenvalue weighted by molar-refractivity contribution is 5.94. The first-order valence-electron chi connectivity index (χ1n) is 9.44. The summed E-state index contributed by atoms with van der Waals surface area (Å²) in [5.41, 5.74) is 3.72. The van der Waals surface area contributed by atoms with E-state index in [0.29, 0.717) is 42.2 Å². The molecule has 0 spiro atoms. The molecule has 4 heterocycles. The number of hydrogen-bond acceptors (Lipinski definition) is 6. The van der Waals surface area contributed by atoms with Crippen molar-refractivity contribution in [2.45, 2.75) is 13.0 Å². The number of benzene rings is 1. The highest BCUT2D eigenvalue weighted by atomic mass is 19.1. The fourth-order valence-corrected chi connectivity index (χ4v) is 3.65. The average molecular weight is 404 g/mol. The van der Waals surface area contributed by atoms with Crippen molar-refractivity contribution in [3.05, 3.63) is 71.4 Å². The lowest BCUT2D eigenvalue weighted by Crippen LogP contribution is -2.36. The molecule has 0 unspecified atom stereocenters. The van der Waals surface area contributed by atoms with E-state index in [2.05, 4.69) is 20.2 Å². The summed E-state index contributed by atoms with van der Waals surface area (Å²) in [4.78, 5) is 23.1. The second kappa shape index (κ2) is 7.18. The van der Waals surface area contributed by atoms with Gasteiger partial charge in [0.05, 0.1) is 6.54 Å². The molecule has 0 saturated heterocycles. The van der Waals surface area contributed by atoms with E-state index in [1.807, 2.05) is 7.05 Å². The van der Waals surface area contributed by atoms with Gasteiger partial charge in [-0.3, -0.25) is 14.5 Å². The Morgan fingerprint density at radius 2 is 1.90 bits per heavy atom. The van der Waals surface area contributed by atoms with Crippen LogP contribution in [0.4, 0.5) is 4.39 Å². The maximum Gasteiger partial charge on any atom is 0.279 e. The van der Waals surface area contributed by atoms with Crippen molar-refractivity contribution in [1.29, 1.82) is 0 Å². The van der Waals surface area contributed by atoms with Gasteiger partial charge in [0.2, 0.25) is 5.82 Å². The Hall–Kier alpha value is -3.88. The average Bonchev–Trinajstić information content (AvgIpc) is 3.39. The number of carbonyl (C=O) groups excluding carboxylic acids is 1. The minimum atomic E-state index is -0.333. The van der Waals surface area contributed by atoms with Crippen LogP contribution in [0.1, 0.15) is 21.6 Å². The van der Waals surface area contributed by atoms with Crippen LogP contribution >= 0.6 is 0 Å². The minimum absolute atomic E-state index is 0.0598. The molecule has 1 aliphatic heterocycles. The Labute approximate surface area is 171 Å². The third-order valence-electron chi connectivity index (χ3n) is 5.19. The van der Waals surface area contributed by atoms with Gasteiger partial charge in [-0.25, -0.2) is 4.39 Å². The van der Waals surface area contributed by atoms with E-state index < -0.39 is 0 Å². The van der Waals surface area contributed by atoms with Crippen molar-refractivity contribution < 1.29 is 13.7 Å². The molecule has 0 atom stereocenters. The fourth-order valence-electron chi connectivity index (χ4n) is 3.65. The Morgan fingerprint density at radius 1 is 1.13 bits per heavy atom. The number of nitrogens with zero attached hydrogens (tertiary/aromatic N) is 6. The molecular weight excluding hydrogens is 387 g/mol. The summed E-state index contributed by atoms with van der Waals surface area (Å²) in [6.07, 6.45) is 3.88. The van der Waals surface area contributed by atoms with Gasteiger partial charge in [-0.2, -0.15) is 10.1 Å². The second-order valence-electron chi connectivity index (χ2n) is 7.04. The zero-order valence-electron chi connectivity index (χ0n) is 16.1. The number of halogens is 1. The zero-order chi connectivity index (χ0) is 20.7. The van der Waals surface area contributed by atoms with E-state index in [0.717, 1.165) is 11.3 Å². The number of pyridine rings is 1. The van der Waals surface area contributed by atoms with Gasteiger partial charge < -0.3 is 9.42 Å². The van der Waals surface area contributed by atoms with Gasteiger partial charge in [0.1, 0.15) is 5.82 Å². The fraction of sp³-hybridized carbons (Fsp3) is 0.190. The van der Waals surface area contributed by atoms with E-state index in [9.17, 15) is 9.18 Å². The van der Waals surface area contributed by atoms with Crippen LogP contribution in [0.15, 0.2) is 53.3 Å². The number of aromatic nitrogens is 5. The van der Waals surface area contributed by atoms with Gasteiger partial charge in [0.25, 0.3) is 11.8 Å². The monoisotopic (exact) mass is 404 g/mol. The molecule has 3 aromatic heterocycles. The first-order valence-corrected chi connectivity index (χ1v) is 9.44. The molecule has 8 nitrogen and oxygen atoms in total.